The molecule has 2 aromatic rings. The molecule has 6 nitrogen and oxygen atoms in total. The summed E-state index contributed by atoms with van der Waals surface area (Å²) in [4.78, 5) is 39.8. The number of hydrogen-bond acceptors (Lipinski definition) is 3. The Morgan fingerprint density at radius 1 is 1.07 bits per heavy atom. The van der Waals surface area contributed by atoms with E-state index in [1.165, 1.54) is 0 Å². The summed E-state index contributed by atoms with van der Waals surface area (Å²) in [6.07, 6.45) is 0.875. The molecule has 3 amide bonds. The lowest BCUT2D eigenvalue weighted by Crippen LogP contribution is -2.50. The molecule has 0 bridgehead atoms. The van der Waals surface area contributed by atoms with Crippen LogP contribution in [0, 0.1) is 5.92 Å². The van der Waals surface area contributed by atoms with Gasteiger partial charge in [0.1, 0.15) is 6.04 Å². The van der Waals surface area contributed by atoms with Gasteiger partial charge in [-0.05, 0) is 42.2 Å². The van der Waals surface area contributed by atoms with Gasteiger partial charge in [0.05, 0.1) is 0 Å². The summed E-state index contributed by atoms with van der Waals surface area (Å²) >= 11 is 0. The highest BCUT2D eigenvalue weighted by Crippen LogP contribution is 2.26. The van der Waals surface area contributed by atoms with Gasteiger partial charge in [-0.2, -0.15) is 0 Å². The standard InChI is InChI=1S/C24H29N3O3/c1-4-25-23(29)18-10-7-11-20(13-18)26-24(30)21-14-17-8-5-6-9-19(17)15-27(21)22(28)12-16(2)3/h5-11,13,16,21H,4,12,14-15H2,1-3H3,(H,25,29)(H,26,30). The maximum Gasteiger partial charge on any atom is 0.251 e. The van der Waals surface area contributed by atoms with Crippen molar-refractivity contribution in [2.75, 3.05) is 11.9 Å². The summed E-state index contributed by atoms with van der Waals surface area (Å²) < 4.78 is 0. The van der Waals surface area contributed by atoms with Gasteiger partial charge in [0.25, 0.3) is 5.91 Å². The fourth-order valence-electron chi connectivity index (χ4n) is 3.71. The van der Waals surface area contributed by atoms with E-state index in [-0.39, 0.29) is 23.6 Å². The van der Waals surface area contributed by atoms with Gasteiger partial charge >= 0.3 is 0 Å². The average Bonchev–Trinajstić information content (AvgIpc) is 2.72. The van der Waals surface area contributed by atoms with Crippen molar-refractivity contribution in [1.82, 2.24) is 10.2 Å². The molecule has 1 aliphatic heterocycles. The Morgan fingerprint density at radius 3 is 2.50 bits per heavy atom. The molecule has 0 spiro atoms. The number of nitrogens with one attached hydrogen (secondary N) is 2. The molecule has 0 saturated carbocycles. The number of anilines is 1. The number of carbonyl (C=O) groups excluding carboxylic acids is 3. The van der Waals surface area contributed by atoms with Crippen LogP contribution in [0.5, 0.6) is 0 Å². The molecule has 158 valence electrons. The maximum atomic E-state index is 13.2. The largest absolute Gasteiger partial charge is 0.352 e. The first-order valence-corrected chi connectivity index (χ1v) is 10.4. The number of hydrogen-bond donors (Lipinski definition) is 2. The van der Waals surface area contributed by atoms with Gasteiger partial charge in [-0.1, -0.05) is 44.2 Å². The Hall–Kier alpha value is -3.15. The van der Waals surface area contributed by atoms with Crippen molar-refractivity contribution < 1.29 is 14.4 Å². The zero-order valence-electron chi connectivity index (χ0n) is 17.8. The Balaban J connectivity index is 1.82. The predicted molar refractivity (Wildman–Crippen MR) is 117 cm³/mol. The number of amides is 3. The van der Waals surface area contributed by atoms with E-state index in [4.69, 9.17) is 0 Å². The summed E-state index contributed by atoms with van der Waals surface area (Å²) in [6.45, 7) is 6.81. The molecule has 6 heteroatoms. The average molecular weight is 408 g/mol. The zero-order valence-corrected chi connectivity index (χ0v) is 17.8. The van der Waals surface area contributed by atoms with Crippen molar-refractivity contribution in [3.8, 4) is 0 Å². The SMILES string of the molecule is CCNC(=O)c1cccc(NC(=O)C2Cc3ccccc3CN2C(=O)CC(C)C)c1. The number of nitrogens with zero attached hydrogens (tertiary/aromatic N) is 1. The second-order valence-corrected chi connectivity index (χ2v) is 8.04. The molecule has 2 aromatic carbocycles. The van der Waals surface area contributed by atoms with E-state index in [1.807, 2.05) is 45.0 Å². The van der Waals surface area contributed by atoms with Gasteiger partial charge in [0.2, 0.25) is 11.8 Å². The fraction of sp³-hybridized carbons (Fsp3) is 0.375. The normalized spacial score (nSPS) is 15.5. The molecule has 0 aromatic heterocycles. The van der Waals surface area contributed by atoms with E-state index >= 15 is 0 Å². The summed E-state index contributed by atoms with van der Waals surface area (Å²) in [5.41, 5.74) is 3.19. The second-order valence-electron chi connectivity index (χ2n) is 8.04. The van der Waals surface area contributed by atoms with Crippen molar-refractivity contribution in [2.45, 2.75) is 46.2 Å². The highest BCUT2D eigenvalue weighted by molar-refractivity contribution is 6.00. The quantitative estimate of drug-likeness (QED) is 0.771. The first-order chi connectivity index (χ1) is 14.4. The van der Waals surface area contributed by atoms with E-state index in [9.17, 15) is 14.4 Å². The van der Waals surface area contributed by atoms with Crippen LogP contribution in [0.3, 0.4) is 0 Å². The number of rotatable bonds is 6. The van der Waals surface area contributed by atoms with Crippen molar-refractivity contribution in [1.29, 1.82) is 0 Å². The van der Waals surface area contributed by atoms with E-state index in [2.05, 4.69) is 10.6 Å². The summed E-state index contributed by atoms with van der Waals surface area (Å²) in [5.74, 6) is -0.230. The lowest BCUT2D eigenvalue weighted by atomic mass is 9.92. The van der Waals surface area contributed by atoms with Crippen LogP contribution in [-0.4, -0.2) is 35.2 Å². The summed E-state index contributed by atoms with van der Waals surface area (Å²) in [7, 11) is 0. The van der Waals surface area contributed by atoms with Crippen LogP contribution in [0.1, 0.15) is 48.7 Å². The molecule has 2 N–H and O–H groups in total. The van der Waals surface area contributed by atoms with Gasteiger partial charge in [-0.3, -0.25) is 14.4 Å². The second kappa shape index (κ2) is 9.57. The summed E-state index contributed by atoms with van der Waals surface area (Å²) in [6, 6.07) is 14.2. The third kappa shape index (κ3) is 5.06. The van der Waals surface area contributed by atoms with Gasteiger partial charge in [0.15, 0.2) is 0 Å². The number of benzene rings is 2. The topological polar surface area (TPSA) is 78.5 Å². The molecule has 0 radical (unpaired) electrons. The minimum absolute atomic E-state index is 0.0178. The maximum absolute atomic E-state index is 13.2. The fourth-order valence-corrected chi connectivity index (χ4v) is 3.71. The Bertz CT molecular complexity index is 939. The minimum atomic E-state index is -0.584. The van der Waals surface area contributed by atoms with Gasteiger partial charge in [-0.15, -0.1) is 0 Å². The molecule has 1 atom stereocenters. The molecular weight excluding hydrogens is 378 g/mol. The first kappa shape index (κ1) is 21.6. The van der Waals surface area contributed by atoms with E-state index in [1.54, 1.807) is 29.2 Å². The van der Waals surface area contributed by atoms with Crippen LogP contribution < -0.4 is 10.6 Å². The van der Waals surface area contributed by atoms with Crippen LogP contribution in [0.4, 0.5) is 5.69 Å². The van der Waals surface area contributed by atoms with Crippen molar-refractivity contribution >= 4 is 23.4 Å². The van der Waals surface area contributed by atoms with Gasteiger partial charge in [-0.25, -0.2) is 0 Å². The van der Waals surface area contributed by atoms with Crippen molar-refractivity contribution in [3.05, 3.63) is 65.2 Å². The third-order valence-electron chi connectivity index (χ3n) is 5.18. The smallest absolute Gasteiger partial charge is 0.251 e. The van der Waals surface area contributed by atoms with E-state index in [0.717, 1.165) is 11.1 Å². The van der Waals surface area contributed by atoms with Crippen LogP contribution in [-0.2, 0) is 22.6 Å². The Kier molecular flexibility index (Phi) is 6.87. The van der Waals surface area contributed by atoms with Crippen molar-refractivity contribution in [2.24, 2.45) is 5.92 Å². The molecule has 30 heavy (non-hydrogen) atoms. The van der Waals surface area contributed by atoms with Crippen LogP contribution in [0.25, 0.3) is 0 Å². The van der Waals surface area contributed by atoms with Crippen molar-refractivity contribution in [3.63, 3.8) is 0 Å². The van der Waals surface area contributed by atoms with Gasteiger partial charge in [0, 0.05) is 37.2 Å². The van der Waals surface area contributed by atoms with Crippen LogP contribution in [0.15, 0.2) is 48.5 Å². The molecule has 1 heterocycles. The van der Waals surface area contributed by atoms with E-state index in [0.29, 0.717) is 37.2 Å². The van der Waals surface area contributed by atoms with Gasteiger partial charge < -0.3 is 15.5 Å². The zero-order chi connectivity index (χ0) is 21.7. The Labute approximate surface area is 177 Å². The highest BCUT2D eigenvalue weighted by atomic mass is 16.2. The monoisotopic (exact) mass is 407 g/mol. The molecule has 0 saturated heterocycles. The van der Waals surface area contributed by atoms with Crippen LogP contribution >= 0.6 is 0 Å². The summed E-state index contributed by atoms with van der Waals surface area (Å²) in [5, 5.41) is 5.66. The minimum Gasteiger partial charge on any atom is -0.352 e. The molecule has 0 aliphatic carbocycles. The molecule has 1 aliphatic rings. The van der Waals surface area contributed by atoms with Crippen LogP contribution in [0.2, 0.25) is 0 Å². The third-order valence-corrected chi connectivity index (χ3v) is 5.18. The first-order valence-electron chi connectivity index (χ1n) is 10.4. The molecule has 0 fully saturated rings. The highest BCUT2D eigenvalue weighted by Gasteiger charge is 2.34. The molecular formula is C24H29N3O3. The Morgan fingerprint density at radius 2 is 1.80 bits per heavy atom. The lowest BCUT2D eigenvalue weighted by molar-refractivity contribution is -0.140. The van der Waals surface area contributed by atoms with E-state index < -0.39 is 6.04 Å². The molecule has 3 rings (SSSR count). The number of fused-ring (bicyclic) bond motifs is 1. The predicted octanol–water partition coefficient (Wildman–Crippen LogP) is 3.37. The lowest BCUT2D eigenvalue weighted by Gasteiger charge is -2.36. The number of carbonyl (C=O) groups is 3. The molecule has 1 unspecified atom stereocenters.